The molecule has 1 aliphatic heterocycles. The number of amides is 1. The van der Waals surface area contributed by atoms with Crippen molar-refractivity contribution in [1.29, 1.82) is 0 Å². The topological polar surface area (TPSA) is 49.8 Å². The minimum absolute atomic E-state index is 0.00866. The first-order chi connectivity index (χ1) is 9.15. The third-order valence-corrected chi connectivity index (χ3v) is 3.52. The first kappa shape index (κ1) is 14.0. The van der Waals surface area contributed by atoms with Gasteiger partial charge in [-0.25, -0.2) is 0 Å². The van der Waals surface area contributed by atoms with Gasteiger partial charge < -0.3 is 14.7 Å². The number of aliphatic hydroxyl groups is 1. The first-order valence-electron chi connectivity index (χ1n) is 6.72. The maximum Gasteiger partial charge on any atom is 0.249 e. The van der Waals surface area contributed by atoms with E-state index in [1.165, 1.54) is 7.11 Å². The van der Waals surface area contributed by atoms with Gasteiger partial charge in [-0.1, -0.05) is 31.5 Å². The van der Waals surface area contributed by atoms with Gasteiger partial charge in [-0.2, -0.15) is 0 Å². The van der Waals surface area contributed by atoms with E-state index in [0.717, 1.165) is 29.5 Å². The smallest absolute Gasteiger partial charge is 0.249 e. The number of aliphatic hydroxyl groups excluding tert-OH is 1. The zero-order valence-electron chi connectivity index (χ0n) is 11.6. The molecule has 1 N–H and O–H groups in total. The zero-order valence-corrected chi connectivity index (χ0v) is 11.6. The molecule has 1 unspecified atom stereocenters. The summed E-state index contributed by atoms with van der Waals surface area (Å²) in [5.41, 5.74) is 3.25. The van der Waals surface area contributed by atoms with E-state index < -0.39 is 6.10 Å². The van der Waals surface area contributed by atoms with E-state index in [2.05, 4.69) is 6.92 Å². The van der Waals surface area contributed by atoms with Gasteiger partial charge in [-0.05, 0) is 23.1 Å². The molecule has 0 fully saturated rings. The number of hydrogen-bond acceptors (Lipinski definition) is 3. The van der Waals surface area contributed by atoms with Crippen LogP contribution in [0.15, 0.2) is 18.2 Å². The highest BCUT2D eigenvalue weighted by atomic mass is 16.5. The van der Waals surface area contributed by atoms with Crippen molar-refractivity contribution >= 4 is 5.91 Å². The Balaban J connectivity index is 2.09. The van der Waals surface area contributed by atoms with Crippen LogP contribution in [0.1, 0.15) is 42.6 Å². The summed E-state index contributed by atoms with van der Waals surface area (Å²) < 4.78 is 4.88. The summed E-state index contributed by atoms with van der Waals surface area (Å²) in [5, 5.41) is 10.0. The van der Waals surface area contributed by atoms with E-state index in [9.17, 15) is 9.90 Å². The Morgan fingerprint density at radius 3 is 2.84 bits per heavy atom. The third-order valence-electron chi connectivity index (χ3n) is 3.52. The van der Waals surface area contributed by atoms with Gasteiger partial charge in [-0.15, -0.1) is 0 Å². The monoisotopic (exact) mass is 263 g/mol. The average molecular weight is 263 g/mol. The molecule has 0 aromatic heterocycles. The molecular formula is C15H21NO3. The largest absolute Gasteiger partial charge is 0.388 e. The highest BCUT2D eigenvalue weighted by Crippen LogP contribution is 2.27. The van der Waals surface area contributed by atoms with Crippen LogP contribution in [0.25, 0.3) is 0 Å². The highest BCUT2D eigenvalue weighted by molar-refractivity contribution is 5.78. The molecule has 0 radical (unpaired) electrons. The van der Waals surface area contributed by atoms with Crippen molar-refractivity contribution in [1.82, 2.24) is 4.90 Å². The van der Waals surface area contributed by atoms with Gasteiger partial charge in [-0.3, -0.25) is 4.79 Å². The van der Waals surface area contributed by atoms with Crippen LogP contribution >= 0.6 is 0 Å². The molecule has 4 heteroatoms. The first-order valence-corrected chi connectivity index (χ1v) is 6.72. The summed E-state index contributed by atoms with van der Waals surface area (Å²) in [6.45, 7) is 3.44. The van der Waals surface area contributed by atoms with E-state index in [4.69, 9.17) is 4.74 Å². The van der Waals surface area contributed by atoms with E-state index >= 15 is 0 Å². The fourth-order valence-electron chi connectivity index (χ4n) is 2.45. The Morgan fingerprint density at radius 2 is 2.16 bits per heavy atom. The molecule has 1 aliphatic rings. The standard InChI is InChI=1S/C15H21NO3/c1-3-4-14(17)11-5-6-12-8-16(9-13(12)7-11)15(18)10-19-2/h5-7,14,17H,3-4,8-10H2,1-2H3. The molecule has 1 aromatic carbocycles. The Hall–Kier alpha value is -1.39. The summed E-state index contributed by atoms with van der Waals surface area (Å²) in [7, 11) is 1.53. The molecule has 4 nitrogen and oxygen atoms in total. The molecule has 1 atom stereocenters. The van der Waals surface area contributed by atoms with E-state index in [0.29, 0.717) is 13.1 Å². The number of methoxy groups -OCH3 is 1. The SMILES string of the molecule is CCCC(O)c1ccc2c(c1)CN(C(=O)COC)C2. The molecule has 1 aromatic rings. The maximum atomic E-state index is 11.8. The van der Waals surface area contributed by atoms with Crippen LogP contribution in [0, 0.1) is 0 Å². The van der Waals surface area contributed by atoms with Crippen LogP contribution in [0.5, 0.6) is 0 Å². The molecule has 0 spiro atoms. The van der Waals surface area contributed by atoms with Gasteiger partial charge >= 0.3 is 0 Å². The molecule has 104 valence electrons. The van der Waals surface area contributed by atoms with Crippen LogP contribution < -0.4 is 0 Å². The fourth-order valence-corrected chi connectivity index (χ4v) is 2.45. The Labute approximate surface area is 114 Å². The molecule has 1 heterocycles. The number of ether oxygens (including phenoxy) is 1. The van der Waals surface area contributed by atoms with Crippen molar-refractivity contribution in [2.45, 2.75) is 39.0 Å². The van der Waals surface area contributed by atoms with Gasteiger partial charge in [0.1, 0.15) is 6.61 Å². The molecule has 1 amide bonds. The minimum atomic E-state index is -0.404. The highest BCUT2D eigenvalue weighted by Gasteiger charge is 2.23. The molecular weight excluding hydrogens is 242 g/mol. The van der Waals surface area contributed by atoms with Crippen LogP contribution in [0.2, 0.25) is 0 Å². The summed E-state index contributed by atoms with van der Waals surface area (Å²) >= 11 is 0. The normalized spacial score (nSPS) is 15.4. The maximum absolute atomic E-state index is 11.8. The number of fused-ring (bicyclic) bond motifs is 1. The molecule has 2 rings (SSSR count). The summed E-state index contributed by atoms with van der Waals surface area (Å²) in [6.07, 6.45) is 1.32. The summed E-state index contributed by atoms with van der Waals surface area (Å²) in [4.78, 5) is 13.6. The lowest BCUT2D eigenvalue weighted by Crippen LogP contribution is -2.28. The molecule has 0 bridgehead atoms. The molecule has 19 heavy (non-hydrogen) atoms. The molecule has 0 saturated heterocycles. The number of nitrogens with zero attached hydrogens (tertiary/aromatic N) is 1. The van der Waals surface area contributed by atoms with Crippen LogP contribution in [0.4, 0.5) is 0 Å². The number of hydrogen-bond donors (Lipinski definition) is 1. The minimum Gasteiger partial charge on any atom is -0.388 e. The average Bonchev–Trinajstić information content (AvgIpc) is 2.82. The quantitative estimate of drug-likeness (QED) is 0.884. The lowest BCUT2D eigenvalue weighted by molar-refractivity contribution is -0.135. The fraction of sp³-hybridized carbons (Fsp3) is 0.533. The Kier molecular flexibility index (Phi) is 4.56. The van der Waals surface area contributed by atoms with Crippen molar-refractivity contribution in [2.75, 3.05) is 13.7 Å². The second-order valence-corrected chi connectivity index (χ2v) is 5.02. The van der Waals surface area contributed by atoms with Gasteiger partial charge in [0.2, 0.25) is 5.91 Å². The Bertz CT molecular complexity index is 459. The zero-order chi connectivity index (χ0) is 13.8. The second kappa shape index (κ2) is 6.17. The van der Waals surface area contributed by atoms with Crippen LogP contribution in [-0.2, 0) is 22.6 Å². The van der Waals surface area contributed by atoms with Crippen molar-refractivity contribution in [2.24, 2.45) is 0 Å². The van der Waals surface area contributed by atoms with E-state index in [1.54, 1.807) is 4.90 Å². The van der Waals surface area contributed by atoms with Gasteiger partial charge in [0.25, 0.3) is 0 Å². The predicted octanol–water partition coefficient (Wildman–Crippen LogP) is 2.01. The van der Waals surface area contributed by atoms with Crippen molar-refractivity contribution in [3.05, 3.63) is 34.9 Å². The summed E-state index contributed by atoms with van der Waals surface area (Å²) in [6, 6.07) is 6.00. The van der Waals surface area contributed by atoms with E-state index in [-0.39, 0.29) is 12.5 Å². The van der Waals surface area contributed by atoms with Crippen LogP contribution in [0.3, 0.4) is 0 Å². The van der Waals surface area contributed by atoms with Crippen molar-refractivity contribution < 1.29 is 14.6 Å². The Morgan fingerprint density at radius 1 is 1.42 bits per heavy atom. The molecule has 0 aliphatic carbocycles. The lowest BCUT2D eigenvalue weighted by atomic mass is 10.0. The molecule has 0 saturated carbocycles. The van der Waals surface area contributed by atoms with Crippen molar-refractivity contribution in [3.8, 4) is 0 Å². The summed E-state index contributed by atoms with van der Waals surface area (Å²) in [5.74, 6) is 0.00866. The van der Waals surface area contributed by atoms with E-state index in [1.807, 2.05) is 18.2 Å². The van der Waals surface area contributed by atoms with Crippen LogP contribution in [-0.4, -0.2) is 29.6 Å². The number of carbonyl (C=O) groups is 1. The number of carbonyl (C=O) groups excluding carboxylic acids is 1. The van der Waals surface area contributed by atoms with Gasteiger partial charge in [0, 0.05) is 20.2 Å². The van der Waals surface area contributed by atoms with Gasteiger partial charge in [0.05, 0.1) is 6.10 Å². The predicted molar refractivity (Wildman–Crippen MR) is 72.4 cm³/mol. The van der Waals surface area contributed by atoms with Gasteiger partial charge in [0.15, 0.2) is 0 Å². The third kappa shape index (κ3) is 3.14. The number of rotatable bonds is 5. The lowest BCUT2D eigenvalue weighted by Gasteiger charge is -2.14. The van der Waals surface area contributed by atoms with Crippen molar-refractivity contribution in [3.63, 3.8) is 0 Å². The second-order valence-electron chi connectivity index (χ2n) is 5.02. The number of benzene rings is 1.